The van der Waals surface area contributed by atoms with Crippen LogP contribution >= 0.6 is 0 Å². The first-order valence-electron chi connectivity index (χ1n) is 5.44. The molecule has 1 aliphatic carbocycles. The summed E-state index contributed by atoms with van der Waals surface area (Å²) in [6, 6.07) is 0. The van der Waals surface area contributed by atoms with Gasteiger partial charge in [-0.25, -0.2) is 4.79 Å². The smallest absolute Gasteiger partial charge is 0.332 e. The number of rotatable bonds is 5. The summed E-state index contributed by atoms with van der Waals surface area (Å²) in [5, 5.41) is 20.0. The van der Waals surface area contributed by atoms with Crippen LogP contribution in [0.3, 0.4) is 0 Å². The summed E-state index contributed by atoms with van der Waals surface area (Å²) in [4.78, 5) is 22.0. The predicted octanol–water partition coefficient (Wildman–Crippen LogP) is -0.790. The number of aliphatic hydroxyl groups excluding tert-OH is 1. The van der Waals surface area contributed by atoms with Crippen LogP contribution in [-0.4, -0.2) is 40.3 Å². The van der Waals surface area contributed by atoms with Gasteiger partial charge in [-0.05, 0) is 12.8 Å². The molecule has 0 aliphatic heterocycles. The van der Waals surface area contributed by atoms with Gasteiger partial charge in [0.2, 0.25) is 5.91 Å². The Bertz CT molecular complexity index is 274. The monoisotopic (exact) mass is 230 g/mol. The van der Waals surface area contributed by atoms with Gasteiger partial charge in [-0.15, -0.1) is 0 Å². The van der Waals surface area contributed by atoms with E-state index < -0.39 is 17.6 Å². The van der Waals surface area contributed by atoms with E-state index in [0.717, 1.165) is 12.8 Å². The van der Waals surface area contributed by atoms with Gasteiger partial charge < -0.3 is 21.3 Å². The Morgan fingerprint density at radius 2 is 1.94 bits per heavy atom. The van der Waals surface area contributed by atoms with Crippen molar-refractivity contribution in [3.8, 4) is 0 Å². The van der Waals surface area contributed by atoms with Gasteiger partial charge in [-0.3, -0.25) is 4.79 Å². The van der Waals surface area contributed by atoms with Crippen LogP contribution in [0.25, 0.3) is 0 Å². The molecule has 0 radical (unpaired) electrons. The van der Waals surface area contributed by atoms with Crippen LogP contribution in [0.15, 0.2) is 0 Å². The Hall–Kier alpha value is -1.14. The van der Waals surface area contributed by atoms with E-state index in [-0.39, 0.29) is 18.9 Å². The highest BCUT2D eigenvalue weighted by molar-refractivity contribution is 5.86. The standard InChI is InChI=1S/C10H18N2O4/c11-10(4-1-2-5-10)9(16)12-6-3-7(13)8(14)15/h7,13H,1-6,11H2,(H,12,16)(H,14,15). The van der Waals surface area contributed by atoms with Crippen LogP contribution in [0, 0.1) is 0 Å². The van der Waals surface area contributed by atoms with E-state index >= 15 is 0 Å². The van der Waals surface area contributed by atoms with Crippen LogP contribution in [0.1, 0.15) is 32.1 Å². The molecule has 1 fully saturated rings. The first kappa shape index (κ1) is 12.9. The third-order valence-electron chi connectivity index (χ3n) is 2.94. The Kier molecular flexibility index (Phi) is 4.26. The normalized spacial score (nSPS) is 20.4. The van der Waals surface area contributed by atoms with E-state index in [4.69, 9.17) is 15.9 Å². The highest BCUT2D eigenvalue weighted by Crippen LogP contribution is 2.27. The van der Waals surface area contributed by atoms with Crippen LogP contribution in [0.5, 0.6) is 0 Å². The molecule has 1 rings (SSSR count). The van der Waals surface area contributed by atoms with E-state index in [0.29, 0.717) is 12.8 Å². The molecule has 0 saturated heterocycles. The second-order valence-electron chi connectivity index (χ2n) is 4.26. The highest BCUT2D eigenvalue weighted by atomic mass is 16.4. The summed E-state index contributed by atoms with van der Waals surface area (Å²) in [5.74, 6) is -1.53. The van der Waals surface area contributed by atoms with E-state index in [9.17, 15) is 9.59 Å². The number of carboxylic acids is 1. The van der Waals surface area contributed by atoms with Gasteiger partial charge in [0.1, 0.15) is 0 Å². The third kappa shape index (κ3) is 3.18. The number of amides is 1. The van der Waals surface area contributed by atoms with Crippen molar-refractivity contribution in [2.24, 2.45) is 5.73 Å². The maximum atomic E-state index is 11.7. The maximum absolute atomic E-state index is 11.7. The molecule has 1 aliphatic rings. The number of hydrogen-bond donors (Lipinski definition) is 4. The van der Waals surface area contributed by atoms with Gasteiger partial charge in [-0.1, -0.05) is 12.8 Å². The number of carbonyl (C=O) groups is 2. The predicted molar refractivity (Wildman–Crippen MR) is 56.7 cm³/mol. The first-order chi connectivity index (χ1) is 7.46. The van der Waals surface area contributed by atoms with E-state index in [2.05, 4.69) is 5.32 Å². The van der Waals surface area contributed by atoms with Crippen molar-refractivity contribution in [2.45, 2.75) is 43.7 Å². The van der Waals surface area contributed by atoms with Crippen molar-refractivity contribution < 1.29 is 19.8 Å². The van der Waals surface area contributed by atoms with Crippen molar-refractivity contribution in [2.75, 3.05) is 6.54 Å². The largest absolute Gasteiger partial charge is 0.479 e. The molecule has 16 heavy (non-hydrogen) atoms. The van der Waals surface area contributed by atoms with Crippen molar-refractivity contribution in [3.05, 3.63) is 0 Å². The minimum Gasteiger partial charge on any atom is -0.479 e. The Labute approximate surface area is 93.8 Å². The lowest BCUT2D eigenvalue weighted by atomic mass is 9.98. The van der Waals surface area contributed by atoms with Crippen LogP contribution in [0.2, 0.25) is 0 Å². The van der Waals surface area contributed by atoms with Crippen LogP contribution < -0.4 is 11.1 Å². The molecule has 0 aromatic heterocycles. The number of carboxylic acid groups (broad SMARTS) is 1. The molecule has 6 nitrogen and oxygen atoms in total. The van der Waals surface area contributed by atoms with Crippen LogP contribution in [0.4, 0.5) is 0 Å². The fourth-order valence-corrected chi connectivity index (χ4v) is 1.85. The lowest BCUT2D eigenvalue weighted by Gasteiger charge is -2.22. The van der Waals surface area contributed by atoms with Crippen molar-refractivity contribution in [1.82, 2.24) is 5.32 Å². The van der Waals surface area contributed by atoms with Crippen molar-refractivity contribution >= 4 is 11.9 Å². The summed E-state index contributed by atoms with van der Waals surface area (Å²) in [5.41, 5.74) is 5.09. The average Bonchev–Trinajstić information content (AvgIpc) is 2.66. The Morgan fingerprint density at radius 1 is 1.38 bits per heavy atom. The number of nitrogens with one attached hydrogen (secondary N) is 1. The molecule has 1 atom stereocenters. The molecule has 0 spiro atoms. The van der Waals surface area contributed by atoms with Gasteiger partial charge in [0.15, 0.2) is 6.10 Å². The van der Waals surface area contributed by atoms with Crippen molar-refractivity contribution in [1.29, 1.82) is 0 Å². The fourth-order valence-electron chi connectivity index (χ4n) is 1.85. The molecule has 1 amide bonds. The number of carbonyl (C=O) groups excluding carboxylic acids is 1. The van der Waals surface area contributed by atoms with Gasteiger partial charge in [0, 0.05) is 13.0 Å². The third-order valence-corrected chi connectivity index (χ3v) is 2.94. The van der Waals surface area contributed by atoms with E-state index in [1.165, 1.54) is 0 Å². The highest BCUT2D eigenvalue weighted by Gasteiger charge is 2.36. The molecule has 1 unspecified atom stereocenters. The zero-order chi connectivity index (χ0) is 12.2. The minimum atomic E-state index is -1.43. The summed E-state index contributed by atoms with van der Waals surface area (Å²) in [6.07, 6.45) is 1.79. The molecule has 92 valence electrons. The van der Waals surface area contributed by atoms with E-state index in [1.807, 2.05) is 0 Å². The number of aliphatic carboxylic acids is 1. The number of nitrogens with two attached hydrogens (primary N) is 1. The number of hydrogen-bond acceptors (Lipinski definition) is 4. The molecule has 5 N–H and O–H groups in total. The summed E-state index contributed by atoms with van der Waals surface area (Å²) in [7, 11) is 0. The molecule has 1 saturated carbocycles. The molecule has 0 bridgehead atoms. The average molecular weight is 230 g/mol. The molecular weight excluding hydrogens is 212 g/mol. The maximum Gasteiger partial charge on any atom is 0.332 e. The quantitative estimate of drug-likeness (QED) is 0.494. The molecular formula is C10H18N2O4. The summed E-state index contributed by atoms with van der Waals surface area (Å²) < 4.78 is 0. The number of aliphatic hydroxyl groups is 1. The first-order valence-corrected chi connectivity index (χ1v) is 5.44. The summed E-state index contributed by atoms with van der Waals surface area (Å²) in [6.45, 7) is 0.130. The fraction of sp³-hybridized carbons (Fsp3) is 0.800. The van der Waals surface area contributed by atoms with Gasteiger partial charge in [0.05, 0.1) is 5.54 Å². The molecule has 0 aromatic carbocycles. The second kappa shape index (κ2) is 5.27. The minimum absolute atomic E-state index is 0.00282. The molecule has 6 heteroatoms. The van der Waals surface area contributed by atoms with Crippen molar-refractivity contribution in [3.63, 3.8) is 0 Å². The van der Waals surface area contributed by atoms with Gasteiger partial charge in [0.25, 0.3) is 0 Å². The second-order valence-corrected chi connectivity index (χ2v) is 4.26. The van der Waals surface area contributed by atoms with E-state index in [1.54, 1.807) is 0 Å². The Balaban J connectivity index is 2.27. The Morgan fingerprint density at radius 3 is 2.44 bits per heavy atom. The zero-order valence-corrected chi connectivity index (χ0v) is 9.11. The summed E-state index contributed by atoms with van der Waals surface area (Å²) >= 11 is 0. The SMILES string of the molecule is NC1(C(=O)NCCC(O)C(=O)O)CCCC1. The van der Waals surface area contributed by atoms with Gasteiger partial charge >= 0.3 is 5.97 Å². The zero-order valence-electron chi connectivity index (χ0n) is 9.11. The lowest BCUT2D eigenvalue weighted by molar-refractivity contribution is -0.147. The molecule has 0 heterocycles. The lowest BCUT2D eigenvalue weighted by Crippen LogP contribution is -2.52. The van der Waals surface area contributed by atoms with Crippen LogP contribution in [-0.2, 0) is 9.59 Å². The van der Waals surface area contributed by atoms with Gasteiger partial charge in [-0.2, -0.15) is 0 Å². The topological polar surface area (TPSA) is 113 Å². The molecule has 0 aromatic rings.